The Morgan fingerprint density at radius 3 is 2.08 bits per heavy atom. The Bertz CT molecular complexity index is 734. The van der Waals surface area contributed by atoms with Crippen molar-refractivity contribution in [2.45, 2.75) is 34.1 Å². The van der Waals surface area contributed by atoms with E-state index in [9.17, 15) is 14.4 Å². The fourth-order valence-electron chi connectivity index (χ4n) is 3.01. The Balaban J connectivity index is 2.59. The summed E-state index contributed by atoms with van der Waals surface area (Å²) >= 11 is 0. The van der Waals surface area contributed by atoms with Crippen LogP contribution in [0.3, 0.4) is 0 Å². The van der Waals surface area contributed by atoms with Gasteiger partial charge in [-0.25, -0.2) is 14.6 Å². The third-order valence-corrected chi connectivity index (χ3v) is 4.11. The minimum Gasteiger partial charge on any atom is -0.463 e. The molecule has 0 aromatic rings. The molecule has 0 aliphatic carbocycles. The van der Waals surface area contributed by atoms with Crippen molar-refractivity contribution in [3.63, 3.8) is 0 Å². The number of carbonyl (C=O) groups excluding carboxylic acids is 3. The number of allylic oxidation sites excluding steroid dienone is 3. The van der Waals surface area contributed by atoms with Crippen molar-refractivity contribution in [2.24, 2.45) is 16.6 Å². The molecule has 0 bridgehead atoms. The number of nitrogens with one attached hydrogen (secondary N) is 1. The van der Waals surface area contributed by atoms with E-state index in [1.807, 2.05) is 0 Å². The molecule has 0 atom stereocenters. The largest absolute Gasteiger partial charge is 0.463 e. The maximum Gasteiger partial charge on any atom is 0.336 e. The number of ether oxygens (including phenoxy) is 2. The average Bonchev–Trinajstić information content (AvgIpc) is 2.57. The Hall–Kier alpha value is -2.90. The van der Waals surface area contributed by atoms with Crippen molar-refractivity contribution in [1.29, 1.82) is 0 Å². The molecule has 2 aliphatic rings. The maximum atomic E-state index is 12.6. The van der Waals surface area contributed by atoms with Crippen LogP contribution in [-0.2, 0) is 23.9 Å². The van der Waals surface area contributed by atoms with Crippen LogP contribution in [0.15, 0.2) is 39.3 Å². The summed E-state index contributed by atoms with van der Waals surface area (Å²) in [4.78, 5) is 41.1. The van der Waals surface area contributed by atoms with Gasteiger partial charge in [-0.15, -0.1) is 0 Å². The lowest BCUT2D eigenvalue weighted by molar-refractivity contribution is -0.139. The fraction of sp³-hybridized carbons (Fsp3) is 0.444. The third-order valence-electron chi connectivity index (χ3n) is 4.11. The molecular formula is C18H23N3O5. The maximum absolute atomic E-state index is 12.6. The highest BCUT2D eigenvalue weighted by Crippen LogP contribution is 2.34. The summed E-state index contributed by atoms with van der Waals surface area (Å²) in [6.07, 6.45) is 1.78. The smallest absolute Gasteiger partial charge is 0.336 e. The molecule has 2 aliphatic heterocycles. The number of hydrogen-bond donors (Lipinski definition) is 2. The number of amides is 1. The number of nitrogens with zero attached hydrogens (tertiary/aromatic N) is 1. The second-order valence-electron chi connectivity index (χ2n) is 5.85. The Labute approximate surface area is 151 Å². The predicted octanol–water partition coefficient (Wildman–Crippen LogP) is 1.09. The number of esters is 2. The quantitative estimate of drug-likeness (QED) is 0.703. The zero-order chi connectivity index (χ0) is 19.4. The second kappa shape index (κ2) is 7.99. The van der Waals surface area contributed by atoms with Crippen molar-refractivity contribution in [2.75, 3.05) is 13.2 Å². The molecule has 2 rings (SSSR count). The Kier molecular flexibility index (Phi) is 5.97. The van der Waals surface area contributed by atoms with Gasteiger partial charge in [0.05, 0.1) is 36.0 Å². The lowest BCUT2D eigenvalue weighted by Gasteiger charge is -2.31. The van der Waals surface area contributed by atoms with Gasteiger partial charge in [0.15, 0.2) is 0 Å². The van der Waals surface area contributed by atoms with Crippen LogP contribution in [0.1, 0.15) is 34.1 Å². The van der Waals surface area contributed by atoms with Gasteiger partial charge in [-0.05, 0) is 27.7 Å². The van der Waals surface area contributed by atoms with Crippen molar-refractivity contribution >= 4 is 23.6 Å². The van der Waals surface area contributed by atoms with Gasteiger partial charge >= 0.3 is 11.9 Å². The monoisotopic (exact) mass is 361 g/mol. The minimum atomic E-state index is -0.831. The van der Waals surface area contributed by atoms with Gasteiger partial charge in [-0.1, -0.05) is 6.08 Å². The molecular weight excluding hydrogens is 338 g/mol. The molecule has 0 spiro atoms. The number of carbonyl (C=O) groups is 3. The van der Waals surface area contributed by atoms with Crippen LogP contribution in [0, 0.1) is 5.92 Å². The predicted molar refractivity (Wildman–Crippen MR) is 94.6 cm³/mol. The number of hydrogen-bond acceptors (Lipinski definition) is 7. The molecule has 8 nitrogen and oxygen atoms in total. The van der Waals surface area contributed by atoms with Crippen molar-refractivity contribution in [1.82, 2.24) is 5.32 Å². The molecule has 0 radical (unpaired) electrons. The molecule has 26 heavy (non-hydrogen) atoms. The summed E-state index contributed by atoms with van der Waals surface area (Å²) in [6.45, 7) is 7.16. The normalized spacial score (nSPS) is 18.2. The molecule has 0 aromatic heterocycles. The highest BCUT2D eigenvalue weighted by atomic mass is 16.5. The SMILES string of the molecule is CCOC(=O)C1=C(C)NC(C)=C(C(=O)OCC)C1C1=NC(=O)C(N)=CC1. The lowest BCUT2D eigenvalue weighted by atomic mass is 9.80. The van der Waals surface area contributed by atoms with Gasteiger partial charge in [-0.2, -0.15) is 0 Å². The van der Waals surface area contributed by atoms with E-state index in [0.29, 0.717) is 17.1 Å². The van der Waals surface area contributed by atoms with E-state index in [-0.39, 0.29) is 36.5 Å². The average molecular weight is 361 g/mol. The van der Waals surface area contributed by atoms with Gasteiger partial charge in [0.25, 0.3) is 5.91 Å². The molecule has 2 heterocycles. The summed E-state index contributed by atoms with van der Waals surface area (Å²) in [5.41, 5.74) is 7.54. The van der Waals surface area contributed by atoms with Gasteiger partial charge in [0.1, 0.15) is 0 Å². The molecule has 0 aromatic carbocycles. The third kappa shape index (κ3) is 3.68. The summed E-state index contributed by atoms with van der Waals surface area (Å²) < 4.78 is 10.3. The number of aliphatic imine (C=N–C) groups is 1. The van der Waals surface area contributed by atoms with E-state index >= 15 is 0 Å². The first kappa shape index (κ1) is 19.4. The fourth-order valence-corrected chi connectivity index (χ4v) is 3.01. The summed E-state index contributed by atoms with van der Waals surface area (Å²) in [5, 5.41) is 3.02. The molecule has 0 fully saturated rings. The molecule has 1 amide bonds. The Morgan fingerprint density at radius 1 is 1.15 bits per heavy atom. The molecule has 140 valence electrons. The molecule has 0 unspecified atom stereocenters. The minimum absolute atomic E-state index is 0.0412. The number of rotatable bonds is 5. The highest BCUT2D eigenvalue weighted by molar-refractivity contribution is 6.14. The number of dihydropyridines is 2. The standard InChI is InChI=1S/C18H23N3O5/c1-5-25-17(23)13-9(3)20-10(4)14(18(24)26-6-2)15(13)12-8-7-11(19)16(22)21-12/h7,15,20H,5-6,8,19H2,1-4H3. The van der Waals surface area contributed by atoms with Gasteiger partial charge in [0, 0.05) is 23.5 Å². The van der Waals surface area contributed by atoms with Crippen LogP contribution in [0.2, 0.25) is 0 Å². The van der Waals surface area contributed by atoms with Gasteiger partial charge in [0.2, 0.25) is 0 Å². The first-order chi connectivity index (χ1) is 12.3. The topological polar surface area (TPSA) is 120 Å². The van der Waals surface area contributed by atoms with Gasteiger partial charge < -0.3 is 20.5 Å². The molecule has 8 heteroatoms. The summed E-state index contributed by atoms with van der Waals surface area (Å²) in [5.74, 6) is -2.57. The van der Waals surface area contributed by atoms with E-state index in [2.05, 4.69) is 10.3 Å². The molecule has 0 saturated carbocycles. The van der Waals surface area contributed by atoms with Gasteiger partial charge in [-0.3, -0.25) is 4.79 Å². The van der Waals surface area contributed by atoms with Crippen LogP contribution < -0.4 is 11.1 Å². The van der Waals surface area contributed by atoms with Crippen LogP contribution in [0.4, 0.5) is 0 Å². The molecule has 3 N–H and O–H groups in total. The summed E-state index contributed by atoms with van der Waals surface area (Å²) in [7, 11) is 0. The first-order valence-corrected chi connectivity index (χ1v) is 8.41. The van der Waals surface area contributed by atoms with E-state index in [1.165, 1.54) is 6.08 Å². The van der Waals surface area contributed by atoms with Crippen LogP contribution in [-0.4, -0.2) is 36.8 Å². The van der Waals surface area contributed by atoms with Crippen molar-refractivity contribution < 1.29 is 23.9 Å². The molecule has 0 saturated heterocycles. The highest BCUT2D eigenvalue weighted by Gasteiger charge is 2.40. The van der Waals surface area contributed by atoms with E-state index < -0.39 is 23.8 Å². The van der Waals surface area contributed by atoms with Crippen LogP contribution in [0.25, 0.3) is 0 Å². The van der Waals surface area contributed by atoms with Crippen molar-refractivity contribution in [3.8, 4) is 0 Å². The zero-order valence-electron chi connectivity index (χ0n) is 15.3. The van der Waals surface area contributed by atoms with Crippen molar-refractivity contribution in [3.05, 3.63) is 34.3 Å². The van der Waals surface area contributed by atoms with E-state index in [4.69, 9.17) is 15.2 Å². The summed E-state index contributed by atoms with van der Waals surface area (Å²) in [6, 6.07) is 0. The van der Waals surface area contributed by atoms with E-state index in [0.717, 1.165) is 0 Å². The van der Waals surface area contributed by atoms with Crippen LogP contribution >= 0.6 is 0 Å². The van der Waals surface area contributed by atoms with E-state index in [1.54, 1.807) is 27.7 Å². The Morgan fingerprint density at radius 2 is 1.65 bits per heavy atom. The lowest BCUT2D eigenvalue weighted by Crippen LogP contribution is -2.38. The second-order valence-corrected chi connectivity index (χ2v) is 5.85. The van der Waals surface area contributed by atoms with Crippen LogP contribution in [0.5, 0.6) is 0 Å². The number of nitrogens with two attached hydrogens (primary N) is 1. The zero-order valence-corrected chi connectivity index (χ0v) is 15.3. The first-order valence-electron chi connectivity index (χ1n) is 8.41.